The van der Waals surface area contributed by atoms with Gasteiger partial charge in [0.2, 0.25) is 5.91 Å². The summed E-state index contributed by atoms with van der Waals surface area (Å²) >= 11 is 3.47. The number of esters is 1. The predicted molar refractivity (Wildman–Crippen MR) is 95.0 cm³/mol. The van der Waals surface area contributed by atoms with Gasteiger partial charge in [0.25, 0.3) is 0 Å². The lowest BCUT2D eigenvalue weighted by Gasteiger charge is -2.08. The van der Waals surface area contributed by atoms with Gasteiger partial charge in [-0.2, -0.15) is 0 Å². The van der Waals surface area contributed by atoms with Crippen molar-refractivity contribution in [2.45, 2.75) is 12.8 Å². The van der Waals surface area contributed by atoms with E-state index in [2.05, 4.69) is 26.0 Å². The summed E-state index contributed by atoms with van der Waals surface area (Å²) in [6.07, 6.45) is 1.05. The first-order chi connectivity index (χ1) is 11.6. The predicted octanol–water partition coefficient (Wildman–Crippen LogP) is 3.57. The summed E-state index contributed by atoms with van der Waals surface area (Å²) in [7, 11) is 1.30. The van der Waals surface area contributed by atoms with Crippen LogP contribution in [-0.4, -0.2) is 25.6 Å². The van der Waals surface area contributed by atoms with Crippen molar-refractivity contribution in [2.75, 3.05) is 19.0 Å². The first kappa shape index (κ1) is 18.0. The number of hydrogen-bond acceptors (Lipinski definition) is 4. The zero-order chi connectivity index (χ0) is 17.4. The molecule has 0 atom stereocenters. The molecule has 6 heteroatoms. The summed E-state index contributed by atoms with van der Waals surface area (Å²) in [5, 5.41) is 2.83. The lowest BCUT2D eigenvalue weighted by Crippen LogP contribution is -2.13. The molecule has 0 aliphatic rings. The van der Waals surface area contributed by atoms with Crippen molar-refractivity contribution >= 4 is 33.5 Å². The molecule has 0 spiro atoms. The first-order valence-electron chi connectivity index (χ1n) is 7.41. The van der Waals surface area contributed by atoms with Gasteiger partial charge in [0.15, 0.2) is 6.61 Å². The normalized spacial score (nSPS) is 10.1. The fourth-order valence-corrected chi connectivity index (χ4v) is 2.49. The number of nitrogens with one attached hydrogen (secondary N) is 1. The highest BCUT2D eigenvalue weighted by Gasteiger charge is 2.06. The van der Waals surface area contributed by atoms with E-state index in [1.54, 1.807) is 24.3 Å². The molecule has 0 aliphatic heterocycles. The number of methoxy groups -OCH3 is 1. The van der Waals surface area contributed by atoms with Crippen LogP contribution in [0.3, 0.4) is 0 Å². The maximum absolute atomic E-state index is 12.0. The Hall–Kier alpha value is -2.34. The Balaban J connectivity index is 1.81. The fraction of sp³-hybridized carbons (Fsp3) is 0.222. The third-order valence-electron chi connectivity index (χ3n) is 3.30. The van der Waals surface area contributed by atoms with Crippen molar-refractivity contribution in [3.63, 3.8) is 0 Å². The van der Waals surface area contributed by atoms with Crippen molar-refractivity contribution in [1.82, 2.24) is 0 Å². The lowest BCUT2D eigenvalue weighted by molar-refractivity contribution is -0.142. The SMILES string of the molecule is COC(=O)COc1ccc(NC(=O)CCc2ccccc2Br)cc1. The molecule has 2 aromatic rings. The standard InChI is InChI=1S/C18H18BrNO4/c1-23-18(22)12-24-15-9-7-14(8-10-15)20-17(21)11-6-13-4-2-3-5-16(13)19/h2-5,7-10H,6,11-12H2,1H3,(H,20,21). The van der Waals surface area contributed by atoms with Gasteiger partial charge in [0.1, 0.15) is 5.75 Å². The summed E-state index contributed by atoms with van der Waals surface area (Å²) in [5.74, 6) is 0.0278. The van der Waals surface area contributed by atoms with Crippen molar-refractivity contribution in [3.05, 3.63) is 58.6 Å². The highest BCUT2D eigenvalue weighted by molar-refractivity contribution is 9.10. The average molecular weight is 392 g/mol. The van der Waals surface area contributed by atoms with Gasteiger partial charge in [-0.1, -0.05) is 34.1 Å². The second-order valence-electron chi connectivity index (χ2n) is 5.03. The van der Waals surface area contributed by atoms with Gasteiger partial charge in [0, 0.05) is 16.6 Å². The van der Waals surface area contributed by atoms with Gasteiger partial charge in [0.05, 0.1) is 7.11 Å². The van der Waals surface area contributed by atoms with Crippen molar-refractivity contribution < 1.29 is 19.1 Å². The fourth-order valence-electron chi connectivity index (χ4n) is 2.01. The van der Waals surface area contributed by atoms with E-state index in [0.29, 0.717) is 24.3 Å². The van der Waals surface area contributed by atoms with Gasteiger partial charge in [-0.3, -0.25) is 4.79 Å². The van der Waals surface area contributed by atoms with Crippen LogP contribution in [0.25, 0.3) is 0 Å². The van der Waals surface area contributed by atoms with Crippen molar-refractivity contribution in [1.29, 1.82) is 0 Å². The molecule has 24 heavy (non-hydrogen) atoms. The molecule has 0 radical (unpaired) electrons. The molecule has 1 N–H and O–H groups in total. The van der Waals surface area contributed by atoms with Crippen LogP contribution in [0, 0.1) is 0 Å². The molecule has 0 fully saturated rings. The van der Waals surface area contributed by atoms with E-state index in [0.717, 1.165) is 10.0 Å². The Kier molecular flexibility index (Phi) is 6.81. The molecule has 0 bridgehead atoms. The highest BCUT2D eigenvalue weighted by atomic mass is 79.9. The molecule has 2 rings (SSSR count). The Labute approximate surface area is 149 Å². The zero-order valence-corrected chi connectivity index (χ0v) is 14.8. The number of hydrogen-bond donors (Lipinski definition) is 1. The molecule has 0 unspecified atom stereocenters. The highest BCUT2D eigenvalue weighted by Crippen LogP contribution is 2.19. The molecular formula is C18H18BrNO4. The Bertz CT molecular complexity index is 700. The van der Waals surface area contributed by atoms with Crippen LogP contribution in [0.2, 0.25) is 0 Å². The van der Waals surface area contributed by atoms with Crippen molar-refractivity contribution in [3.8, 4) is 5.75 Å². The molecule has 0 saturated heterocycles. The van der Waals surface area contributed by atoms with Crippen LogP contribution < -0.4 is 10.1 Å². The number of aryl methyl sites for hydroxylation is 1. The van der Waals surface area contributed by atoms with Gasteiger partial charge in [-0.05, 0) is 42.3 Å². The average Bonchev–Trinajstić information content (AvgIpc) is 2.60. The van der Waals surface area contributed by atoms with Crippen LogP contribution in [0.5, 0.6) is 5.75 Å². The van der Waals surface area contributed by atoms with Gasteiger partial charge < -0.3 is 14.8 Å². The Morgan fingerprint density at radius 3 is 2.46 bits per heavy atom. The number of carbonyl (C=O) groups excluding carboxylic acids is 2. The smallest absolute Gasteiger partial charge is 0.343 e. The third-order valence-corrected chi connectivity index (χ3v) is 4.08. The molecule has 0 saturated carbocycles. The number of rotatable bonds is 7. The molecular weight excluding hydrogens is 374 g/mol. The quantitative estimate of drug-likeness (QED) is 0.732. The summed E-state index contributed by atoms with van der Waals surface area (Å²) in [4.78, 5) is 23.0. The second kappa shape index (κ2) is 9.08. The number of anilines is 1. The van der Waals surface area contributed by atoms with E-state index in [1.165, 1.54) is 7.11 Å². The number of benzene rings is 2. The van der Waals surface area contributed by atoms with Crippen LogP contribution in [0.15, 0.2) is 53.0 Å². The number of amides is 1. The van der Waals surface area contributed by atoms with E-state index < -0.39 is 5.97 Å². The molecule has 0 heterocycles. The zero-order valence-electron chi connectivity index (χ0n) is 13.3. The minimum atomic E-state index is -0.445. The largest absolute Gasteiger partial charge is 0.482 e. The monoisotopic (exact) mass is 391 g/mol. The first-order valence-corrected chi connectivity index (χ1v) is 8.20. The maximum Gasteiger partial charge on any atom is 0.343 e. The van der Waals surface area contributed by atoms with Crippen LogP contribution in [0.1, 0.15) is 12.0 Å². The minimum Gasteiger partial charge on any atom is -0.482 e. The summed E-state index contributed by atoms with van der Waals surface area (Å²) in [5.41, 5.74) is 1.77. The molecule has 0 aliphatic carbocycles. The van der Waals surface area contributed by atoms with Crippen molar-refractivity contribution in [2.24, 2.45) is 0 Å². The molecule has 1 amide bonds. The minimum absolute atomic E-state index is 0.0611. The Morgan fingerprint density at radius 2 is 1.79 bits per heavy atom. The molecule has 126 valence electrons. The third kappa shape index (κ3) is 5.70. The lowest BCUT2D eigenvalue weighted by atomic mass is 10.1. The van der Waals surface area contributed by atoms with Crippen LogP contribution in [0.4, 0.5) is 5.69 Å². The molecule has 0 aromatic heterocycles. The summed E-state index contributed by atoms with van der Waals surface area (Å²) in [6, 6.07) is 14.7. The maximum atomic E-state index is 12.0. The van der Waals surface area contributed by atoms with E-state index >= 15 is 0 Å². The topological polar surface area (TPSA) is 64.6 Å². The number of carbonyl (C=O) groups is 2. The van der Waals surface area contributed by atoms with E-state index in [1.807, 2.05) is 24.3 Å². The number of ether oxygens (including phenoxy) is 2. The Morgan fingerprint density at radius 1 is 1.08 bits per heavy atom. The van der Waals surface area contributed by atoms with Gasteiger partial charge in [-0.25, -0.2) is 4.79 Å². The van der Waals surface area contributed by atoms with Crippen LogP contribution in [-0.2, 0) is 20.7 Å². The summed E-state index contributed by atoms with van der Waals surface area (Å²) < 4.78 is 10.7. The van der Waals surface area contributed by atoms with E-state index in [-0.39, 0.29) is 12.5 Å². The molecule has 2 aromatic carbocycles. The van der Waals surface area contributed by atoms with Gasteiger partial charge in [-0.15, -0.1) is 0 Å². The number of halogens is 1. The second-order valence-corrected chi connectivity index (χ2v) is 5.88. The molecule has 5 nitrogen and oxygen atoms in total. The van der Waals surface area contributed by atoms with E-state index in [9.17, 15) is 9.59 Å². The summed E-state index contributed by atoms with van der Waals surface area (Å²) in [6.45, 7) is -0.145. The van der Waals surface area contributed by atoms with Crippen LogP contribution >= 0.6 is 15.9 Å². The van der Waals surface area contributed by atoms with E-state index in [4.69, 9.17) is 4.74 Å². The van der Waals surface area contributed by atoms with Gasteiger partial charge >= 0.3 is 5.97 Å².